The number of carbonyl (C=O) groups is 1. The van der Waals surface area contributed by atoms with Crippen molar-refractivity contribution in [3.05, 3.63) is 65.0 Å². The molecule has 0 unspecified atom stereocenters. The summed E-state index contributed by atoms with van der Waals surface area (Å²) in [5, 5.41) is 11.3. The molecule has 1 amide bonds. The molecule has 2 rings (SSSR count). The van der Waals surface area contributed by atoms with Crippen molar-refractivity contribution in [3.8, 4) is 11.8 Å². The molecule has 0 heterocycles. The fourth-order valence-corrected chi connectivity index (χ4v) is 1.80. The van der Waals surface area contributed by atoms with Crippen LogP contribution in [0, 0.1) is 17.1 Å². The summed E-state index contributed by atoms with van der Waals surface area (Å²) >= 11 is 0. The third kappa shape index (κ3) is 3.57. The molecule has 0 aromatic heterocycles. The Morgan fingerprint density at radius 3 is 2.81 bits per heavy atom. The van der Waals surface area contributed by atoms with E-state index in [2.05, 4.69) is 5.32 Å². The highest BCUT2D eigenvalue weighted by molar-refractivity contribution is 5.94. The van der Waals surface area contributed by atoms with Gasteiger partial charge in [-0.15, -0.1) is 0 Å². The van der Waals surface area contributed by atoms with Crippen molar-refractivity contribution in [3.63, 3.8) is 0 Å². The van der Waals surface area contributed by atoms with Crippen LogP contribution >= 0.6 is 0 Å². The maximum absolute atomic E-state index is 13.7. The van der Waals surface area contributed by atoms with Crippen molar-refractivity contribution >= 4 is 5.91 Å². The summed E-state index contributed by atoms with van der Waals surface area (Å²) in [6, 6.07) is 12.7. The van der Waals surface area contributed by atoms with E-state index in [1.165, 1.54) is 19.2 Å². The number of amides is 1. The normalized spacial score (nSPS) is 9.76. The van der Waals surface area contributed by atoms with Gasteiger partial charge in [0.15, 0.2) is 0 Å². The van der Waals surface area contributed by atoms with Gasteiger partial charge in [-0.1, -0.05) is 12.1 Å². The Bertz CT molecular complexity index is 708. The number of hydrogen-bond donors (Lipinski definition) is 1. The minimum absolute atomic E-state index is 0.0492. The Morgan fingerprint density at radius 2 is 2.14 bits per heavy atom. The zero-order valence-electron chi connectivity index (χ0n) is 11.4. The first kappa shape index (κ1) is 14.5. The number of nitrogens with one attached hydrogen (secondary N) is 1. The fourth-order valence-electron chi connectivity index (χ4n) is 1.80. The van der Waals surface area contributed by atoms with Crippen molar-refractivity contribution in [2.75, 3.05) is 7.11 Å². The van der Waals surface area contributed by atoms with Crippen molar-refractivity contribution < 1.29 is 13.9 Å². The summed E-state index contributed by atoms with van der Waals surface area (Å²) in [6.45, 7) is 0.0492. The van der Waals surface area contributed by atoms with E-state index >= 15 is 0 Å². The number of nitrogens with zero attached hydrogens (tertiary/aromatic N) is 1. The van der Waals surface area contributed by atoms with Crippen LogP contribution in [0.4, 0.5) is 4.39 Å². The van der Waals surface area contributed by atoms with E-state index in [-0.39, 0.29) is 18.0 Å². The fraction of sp³-hybridized carbons (Fsp3) is 0.125. The highest BCUT2D eigenvalue weighted by Gasteiger charge is 2.08. The van der Waals surface area contributed by atoms with Gasteiger partial charge in [0, 0.05) is 17.7 Å². The summed E-state index contributed by atoms with van der Waals surface area (Å²) in [4.78, 5) is 12.0. The molecule has 0 bridgehead atoms. The van der Waals surface area contributed by atoms with E-state index in [0.717, 1.165) is 6.07 Å². The molecule has 2 aromatic carbocycles. The molecule has 0 aliphatic rings. The molecule has 0 aliphatic carbocycles. The van der Waals surface area contributed by atoms with E-state index in [4.69, 9.17) is 10.00 Å². The maximum Gasteiger partial charge on any atom is 0.251 e. The zero-order chi connectivity index (χ0) is 15.2. The first-order chi connectivity index (χ1) is 10.1. The lowest BCUT2D eigenvalue weighted by molar-refractivity contribution is 0.0950. The molecule has 21 heavy (non-hydrogen) atoms. The molecule has 0 saturated carbocycles. The first-order valence-electron chi connectivity index (χ1n) is 6.25. The molecular formula is C16H13FN2O2. The molecule has 0 aliphatic heterocycles. The van der Waals surface area contributed by atoms with E-state index in [0.29, 0.717) is 16.9 Å². The summed E-state index contributed by atoms with van der Waals surface area (Å²) < 4.78 is 18.7. The van der Waals surface area contributed by atoms with Crippen LogP contribution < -0.4 is 10.1 Å². The summed E-state index contributed by atoms with van der Waals surface area (Å²) in [7, 11) is 1.52. The van der Waals surface area contributed by atoms with Crippen LogP contribution in [0.5, 0.6) is 5.75 Å². The molecular weight excluding hydrogens is 271 g/mol. The molecule has 5 heteroatoms. The molecule has 2 aromatic rings. The van der Waals surface area contributed by atoms with Gasteiger partial charge < -0.3 is 10.1 Å². The standard InChI is InChI=1S/C16H13FN2O2/c1-21-14-4-2-3-12(8-14)16(20)19-10-13-6-5-11(9-18)7-15(13)17/h2-8H,10H2,1H3,(H,19,20). The molecule has 0 atom stereocenters. The van der Waals surface area contributed by atoms with Gasteiger partial charge in [-0.05, 0) is 30.3 Å². The number of halogens is 1. The number of benzene rings is 2. The van der Waals surface area contributed by atoms with E-state index < -0.39 is 5.82 Å². The number of hydrogen-bond acceptors (Lipinski definition) is 3. The first-order valence-corrected chi connectivity index (χ1v) is 6.25. The Kier molecular flexibility index (Phi) is 4.52. The van der Waals surface area contributed by atoms with Gasteiger partial charge in [0.1, 0.15) is 11.6 Å². The van der Waals surface area contributed by atoms with Gasteiger partial charge in [0.2, 0.25) is 0 Å². The lowest BCUT2D eigenvalue weighted by Gasteiger charge is -2.07. The number of nitriles is 1. The minimum atomic E-state index is -0.514. The maximum atomic E-state index is 13.7. The van der Waals surface area contributed by atoms with Crippen molar-refractivity contribution in [1.29, 1.82) is 5.26 Å². The SMILES string of the molecule is COc1cccc(C(=O)NCc2ccc(C#N)cc2F)c1. The van der Waals surface area contributed by atoms with Gasteiger partial charge in [0.05, 0.1) is 18.7 Å². The van der Waals surface area contributed by atoms with Crippen LogP contribution in [0.2, 0.25) is 0 Å². The average molecular weight is 284 g/mol. The van der Waals surface area contributed by atoms with Crippen LogP contribution in [0.1, 0.15) is 21.5 Å². The predicted octanol–water partition coefficient (Wildman–Crippen LogP) is 2.64. The molecule has 106 valence electrons. The second kappa shape index (κ2) is 6.53. The van der Waals surface area contributed by atoms with Crippen LogP contribution in [0.25, 0.3) is 0 Å². The molecule has 4 nitrogen and oxygen atoms in total. The Balaban J connectivity index is 2.05. The Labute approximate surface area is 121 Å². The number of methoxy groups -OCH3 is 1. The molecule has 0 spiro atoms. The summed E-state index contributed by atoms with van der Waals surface area (Å²) in [5.74, 6) is -0.259. The number of carbonyl (C=O) groups excluding carboxylic acids is 1. The summed E-state index contributed by atoms with van der Waals surface area (Å²) in [6.07, 6.45) is 0. The summed E-state index contributed by atoms with van der Waals surface area (Å²) in [5.41, 5.74) is 1.00. The van der Waals surface area contributed by atoms with Crippen LogP contribution in [0.3, 0.4) is 0 Å². The molecule has 0 saturated heterocycles. The molecule has 0 radical (unpaired) electrons. The van der Waals surface area contributed by atoms with E-state index in [9.17, 15) is 9.18 Å². The monoisotopic (exact) mass is 284 g/mol. The lowest BCUT2D eigenvalue weighted by Crippen LogP contribution is -2.23. The largest absolute Gasteiger partial charge is 0.497 e. The highest BCUT2D eigenvalue weighted by Crippen LogP contribution is 2.13. The van der Waals surface area contributed by atoms with Crippen LogP contribution in [-0.2, 0) is 6.54 Å². The predicted molar refractivity (Wildman–Crippen MR) is 75.3 cm³/mol. The topological polar surface area (TPSA) is 62.1 Å². The zero-order valence-corrected chi connectivity index (χ0v) is 11.4. The van der Waals surface area contributed by atoms with E-state index in [1.807, 2.05) is 6.07 Å². The van der Waals surface area contributed by atoms with Crippen molar-refractivity contribution in [1.82, 2.24) is 5.32 Å². The van der Waals surface area contributed by atoms with Gasteiger partial charge in [-0.3, -0.25) is 4.79 Å². The van der Waals surface area contributed by atoms with Crippen LogP contribution in [-0.4, -0.2) is 13.0 Å². The third-order valence-electron chi connectivity index (χ3n) is 2.95. The van der Waals surface area contributed by atoms with E-state index in [1.54, 1.807) is 24.3 Å². The van der Waals surface area contributed by atoms with Gasteiger partial charge in [-0.2, -0.15) is 5.26 Å². The van der Waals surface area contributed by atoms with Gasteiger partial charge >= 0.3 is 0 Å². The second-order valence-electron chi connectivity index (χ2n) is 4.33. The molecule has 1 N–H and O–H groups in total. The Hall–Kier alpha value is -2.87. The lowest BCUT2D eigenvalue weighted by atomic mass is 10.1. The van der Waals surface area contributed by atoms with Crippen molar-refractivity contribution in [2.24, 2.45) is 0 Å². The quantitative estimate of drug-likeness (QED) is 0.938. The highest BCUT2D eigenvalue weighted by atomic mass is 19.1. The smallest absolute Gasteiger partial charge is 0.251 e. The van der Waals surface area contributed by atoms with Crippen molar-refractivity contribution in [2.45, 2.75) is 6.54 Å². The Morgan fingerprint density at radius 1 is 1.33 bits per heavy atom. The third-order valence-corrected chi connectivity index (χ3v) is 2.95. The average Bonchev–Trinajstić information content (AvgIpc) is 2.53. The van der Waals surface area contributed by atoms with Gasteiger partial charge in [-0.25, -0.2) is 4.39 Å². The number of rotatable bonds is 4. The minimum Gasteiger partial charge on any atom is -0.497 e. The molecule has 0 fully saturated rings. The van der Waals surface area contributed by atoms with Crippen LogP contribution in [0.15, 0.2) is 42.5 Å². The van der Waals surface area contributed by atoms with Gasteiger partial charge in [0.25, 0.3) is 5.91 Å². The second-order valence-corrected chi connectivity index (χ2v) is 4.33. The number of ether oxygens (including phenoxy) is 1.